The second-order valence-electron chi connectivity index (χ2n) is 5.70. The molecule has 1 saturated heterocycles. The van der Waals surface area contributed by atoms with Crippen LogP contribution in [0, 0.1) is 5.92 Å². The lowest BCUT2D eigenvalue weighted by molar-refractivity contribution is -0.122. The summed E-state index contributed by atoms with van der Waals surface area (Å²) in [6, 6.07) is 14.9. The Labute approximate surface area is 133 Å². The lowest BCUT2D eigenvalue weighted by atomic mass is 9.98. The molecule has 1 atom stereocenters. The smallest absolute Gasteiger partial charge is 0.237 e. The van der Waals surface area contributed by atoms with Gasteiger partial charge < -0.3 is 9.47 Å². The van der Waals surface area contributed by atoms with Crippen molar-refractivity contribution in [1.29, 1.82) is 0 Å². The van der Waals surface area contributed by atoms with Crippen molar-refractivity contribution < 1.29 is 19.1 Å². The molecule has 0 spiro atoms. The predicted molar refractivity (Wildman–Crippen MR) is 83.3 cm³/mol. The summed E-state index contributed by atoms with van der Waals surface area (Å²) in [4.78, 5) is 26.2. The third kappa shape index (κ3) is 2.44. The number of ether oxygens (including phenoxy) is 2. The SMILES string of the molecule is O=C1CC(Cc2ccccc2)C(=O)N1c1ccc2c(c1)OCO2. The summed E-state index contributed by atoms with van der Waals surface area (Å²) in [5, 5.41) is 0. The Morgan fingerprint density at radius 2 is 1.78 bits per heavy atom. The Morgan fingerprint density at radius 3 is 2.61 bits per heavy atom. The Morgan fingerprint density at radius 1 is 1.00 bits per heavy atom. The summed E-state index contributed by atoms with van der Waals surface area (Å²) in [6.45, 7) is 0.164. The van der Waals surface area contributed by atoms with Crippen LogP contribution in [-0.2, 0) is 16.0 Å². The van der Waals surface area contributed by atoms with Crippen LogP contribution < -0.4 is 14.4 Å². The van der Waals surface area contributed by atoms with Crippen LogP contribution in [0.3, 0.4) is 0 Å². The van der Waals surface area contributed by atoms with Crippen molar-refractivity contribution >= 4 is 17.5 Å². The molecule has 0 bridgehead atoms. The van der Waals surface area contributed by atoms with Gasteiger partial charge in [-0.1, -0.05) is 30.3 Å². The monoisotopic (exact) mass is 309 g/mol. The average Bonchev–Trinajstić information content (AvgIpc) is 3.13. The number of rotatable bonds is 3. The molecule has 2 aliphatic rings. The van der Waals surface area contributed by atoms with Crippen LogP contribution in [0.4, 0.5) is 5.69 Å². The second kappa shape index (κ2) is 5.43. The van der Waals surface area contributed by atoms with E-state index in [1.165, 1.54) is 4.90 Å². The summed E-state index contributed by atoms with van der Waals surface area (Å²) in [6.07, 6.45) is 0.814. The summed E-state index contributed by atoms with van der Waals surface area (Å²) >= 11 is 0. The first-order valence-corrected chi connectivity index (χ1v) is 7.53. The number of benzene rings is 2. The fourth-order valence-electron chi connectivity index (χ4n) is 3.05. The standard InChI is InChI=1S/C18H15NO4/c20-17-9-13(8-12-4-2-1-3-5-12)18(21)19(17)14-6-7-15-16(10-14)23-11-22-15/h1-7,10,13H,8-9,11H2. The number of anilines is 1. The van der Waals surface area contributed by atoms with Gasteiger partial charge in [-0.05, 0) is 24.1 Å². The van der Waals surface area contributed by atoms with Crippen LogP contribution in [0.2, 0.25) is 0 Å². The first kappa shape index (κ1) is 13.8. The Balaban J connectivity index is 1.58. The van der Waals surface area contributed by atoms with Gasteiger partial charge in [-0.15, -0.1) is 0 Å². The molecule has 116 valence electrons. The molecule has 2 aromatic rings. The van der Waals surface area contributed by atoms with Crippen LogP contribution in [0.15, 0.2) is 48.5 Å². The van der Waals surface area contributed by atoms with Crippen molar-refractivity contribution in [2.45, 2.75) is 12.8 Å². The van der Waals surface area contributed by atoms with Crippen molar-refractivity contribution in [3.63, 3.8) is 0 Å². The minimum Gasteiger partial charge on any atom is -0.454 e. The maximum Gasteiger partial charge on any atom is 0.237 e. The van der Waals surface area contributed by atoms with Crippen LogP contribution in [0.5, 0.6) is 11.5 Å². The molecule has 5 heteroatoms. The van der Waals surface area contributed by atoms with E-state index < -0.39 is 0 Å². The van der Waals surface area contributed by atoms with Gasteiger partial charge in [0.2, 0.25) is 18.6 Å². The number of carbonyl (C=O) groups excluding carboxylic acids is 2. The molecule has 0 aliphatic carbocycles. The lowest BCUT2D eigenvalue weighted by Crippen LogP contribution is -2.30. The molecule has 5 nitrogen and oxygen atoms in total. The summed E-state index contributed by atoms with van der Waals surface area (Å²) in [7, 11) is 0. The first-order valence-electron chi connectivity index (χ1n) is 7.53. The molecule has 0 saturated carbocycles. The quantitative estimate of drug-likeness (QED) is 0.818. The largest absolute Gasteiger partial charge is 0.454 e. The van der Waals surface area contributed by atoms with Crippen LogP contribution in [0.1, 0.15) is 12.0 Å². The molecule has 2 amide bonds. The molecule has 0 N–H and O–H groups in total. The summed E-state index contributed by atoms with van der Waals surface area (Å²) < 4.78 is 10.6. The number of imide groups is 1. The van der Waals surface area contributed by atoms with Crippen molar-refractivity contribution in [1.82, 2.24) is 0 Å². The molecule has 2 aliphatic heterocycles. The van der Waals surface area contributed by atoms with E-state index in [0.717, 1.165) is 5.56 Å². The summed E-state index contributed by atoms with van der Waals surface area (Å²) in [5.74, 6) is 0.561. The zero-order valence-electron chi connectivity index (χ0n) is 12.4. The number of fused-ring (bicyclic) bond motifs is 1. The van der Waals surface area contributed by atoms with Gasteiger partial charge in [0.25, 0.3) is 0 Å². The maximum atomic E-state index is 12.7. The van der Waals surface area contributed by atoms with Crippen molar-refractivity contribution in [2.24, 2.45) is 5.92 Å². The van der Waals surface area contributed by atoms with E-state index in [4.69, 9.17) is 9.47 Å². The van der Waals surface area contributed by atoms with E-state index in [1.54, 1.807) is 18.2 Å². The third-order valence-corrected chi connectivity index (χ3v) is 4.18. The first-order chi connectivity index (χ1) is 11.2. The van der Waals surface area contributed by atoms with Gasteiger partial charge in [-0.2, -0.15) is 0 Å². The predicted octanol–water partition coefficient (Wildman–Crippen LogP) is 2.54. The van der Waals surface area contributed by atoms with Gasteiger partial charge in [-0.3, -0.25) is 14.5 Å². The van der Waals surface area contributed by atoms with Gasteiger partial charge in [0, 0.05) is 12.5 Å². The van der Waals surface area contributed by atoms with Crippen molar-refractivity contribution in [3.05, 3.63) is 54.1 Å². The van der Waals surface area contributed by atoms with Gasteiger partial charge in [0.1, 0.15) is 0 Å². The van der Waals surface area contributed by atoms with Gasteiger partial charge in [0.05, 0.1) is 11.6 Å². The normalized spacial score (nSPS) is 19.5. The number of hydrogen-bond acceptors (Lipinski definition) is 4. The third-order valence-electron chi connectivity index (χ3n) is 4.18. The summed E-state index contributed by atoms with van der Waals surface area (Å²) in [5.41, 5.74) is 1.60. The van der Waals surface area contributed by atoms with E-state index in [1.807, 2.05) is 30.3 Å². The fraction of sp³-hybridized carbons (Fsp3) is 0.222. The minimum atomic E-state index is -0.310. The second-order valence-corrected chi connectivity index (χ2v) is 5.70. The Kier molecular flexibility index (Phi) is 3.26. The molecular weight excluding hydrogens is 294 g/mol. The molecule has 4 rings (SSSR count). The molecule has 2 aromatic carbocycles. The van der Waals surface area contributed by atoms with E-state index in [0.29, 0.717) is 23.6 Å². The number of carbonyl (C=O) groups is 2. The van der Waals surface area contributed by atoms with E-state index >= 15 is 0 Å². The Hall–Kier alpha value is -2.82. The molecular formula is C18H15NO4. The average molecular weight is 309 g/mol. The maximum absolute atomic E-state index is 12.7. The van der Waals surface area contributed by atoms with Crippen molar-refractivity contribution in [3.8, 4) is 11.5 Å². The van der Waals surface area contributed by atoms with Crippen LogP contribution in [-0.4, -0.2) is 18.6 Å². The van der Waals surface area contributed by atoms with Crippen LogP contribution >= 0.6 is 0 Å². The highest BCUT2D eigenvalue weighted by Gasteiger charge is 2.39. The zero-order valence-corrected chi connectivity index (χ0v) is 12.4. The number of hydrogen-bond donors (Lipinski definition) is 0. The van der Waals surface area contributed by atoms with E-state index in [-0.39, 0.29) is 30.9 Å². The molecule has 2 heterocycles. The fourth-order valence-corrected chi connectivity index (χ4v) is 3.05. The Bertz CT molecular complexity index is 772. The highest BCUT2D eigenvalue weighted by molar-refractivity contribution is 6.21. The van der Waals surface area contributed by atoms with Crippen molar-refractivity contribution in [2.75, 3.05) is 11.7 Å². The van der Waals surface area contributed by atoms with E-state index in [2.05, 4.69) is 0 Å². The highest BCUT2D eigenvalue weighted by Crippen LogP contribution is 2.37. The van der Waals surface area contributed by atoms with Gasteiger partial charge in [-0.25, -0.2) is 0 Å². The zero-order chi connectivity index (χ0) is 15.8. The number of nitrogens with zero attached hydrogens (tertiary/aromatic N) is 1. The molecule has 23 heavy (non-hydrogen) atoms. The topological polar surface area (TPSA) is 55.8 Å². The van der Waals surface area contributed by atoms with E-state index in [9.17, 15) is 9.59 Å². The molecule has 1 unspecified atom stereocenters. The lowest BCUT2D eigenvalue weighted by Gasteiger charge is -2.15. The highest BCUT2D eigenvalue weighted by atomic mass is 16.7. The van der Waals surface area contributed by atoms with Crippen LogP contribution in [0.25, 0.3) is 0 Å². The molecule has 0 radical (unpaired) electrons. The number of amides is 2. The minimum absolute atomic E-state index is 0.155. The molecule has 1 fully saturated rings. The van der Waals surface area contributed by atoms with Gasteiger partial charge >= 0.3 is 0 Å². The molecule has 0 aromatic heterocycles. The van der Waals surface area contributed by atoms with Gasteiger partial charge in [0.15, 0.2) is 11.5 Å².